The molecule has 0 unspecified atom stereocenters. The number of carboxylic acids is 1. The number of nitrogens with one attached hydrogen (secondary N) is 1. The van der Waals surface area contributed by atoms with E-state index in [0.29, 0.717) is 12.8 Å². The molecule has 0 aliphatic carbocycles. The lowest BCUT2D eigenvalue weighted by Gasteiger charge is -2.12. The van der Waals surface area contributed by atoms with Gasteiger partial charge in [-0.25, -0.2) is 4.79 Å². The van der Waals surface area contributed by atoms with Crippen molar-refractivity contribution in [3.05, 3.63) is 32.6 Å². The van der Waals surface area contributed by atoms with E-state index in [0.717, 1.165) is 0 Å². The Labute approximate surface area is 138 Å². The Bertz CT molecular complexity index is 765. The highest BCUT2D eigenvalue weighted by Crippen LogP contribution is 2.04. The molecule has 8 heteroatoms. The number of carbonyl (C=O) groups excluding carboxylic acids is 1. The van der Waals surface area contributed by atoms with Crippen molar-refractivity contribution in [2.75, 3.05) is 6.61 Å². The second-order valence-corrected chi connectivity index (χ2v) is 5.19. The third-order valence-corrected chi connectivity index (χ3v) is 3.21. The van der Waals surface area contributed by atoms with E-state index in [1.807, 2.05) is 6.92 Å². The maximum Gasteiger partial charge on any atom is 0.328 e. The summed E-state index contributed by atoms with van der Waals surface area (Å²) in [5, 5.41) is 8.51. The van der Waals surface area contributed by atoms with Gasteiger partial charge in [0.05, 0.1) is 12.5 Å². The maximum absolute atomic E-state index is 11.6. The normalized spacial score (nSPS) is 11.4. The zero-order chi connectivity index (χ0) is 18.1. The smallest absolute Gasteiger partial charge is 0.328 e. The number of hydrogen-bond donors (Lipinski definition) is 2. The predicted octanol–water partition coefficient (Wildman–Crippen LogP) is 0.0443. The van der Waals surface area contributed by atoms with Gasteiger partial charge in [-0.3, -0.25) is 19.4 Å². The Morgan fingerprint density at radius 2 is 2.08 bits per heavy atom. The van der Waals surface area contributed by atoms with Crippen LogP contribution >= 0.6 is 0 Å². The minimum absolute atomic E-state index is 0.0646. The predicted molar refractivity (Wildman–Crippen MR) is 85.7 cm³/mol. The van der Waals surface area contributed by atoms with E-state index in [-0.39, 0.29) is 36.9 Å². The van der Waals surface area contributed by atoms with Gasteiger partial charge in [-0.1, -0.05) is 18.8 Å². The Balaban J connectivity index is 2.57. The zero-order valence-electron chi connectivity index (χ0n) is 13.6. The van der Waals surface area contributed by atoms with Crippen LogP contribution < -0.4 is 11.2 Å². The van der Waals surface area contributed by atoms with Crippen LogP contribution in [-0.4, -0.2) is 39.1 Å². The number of carbonyl (C=O) groups is 2. The third-order valence-electron chi connectivity index (χ3n) is 3.21. The summed E-state index contributed by atoms with van der Waals surface area (Å²) in [5.41, 5.74) is -0.895. The first-order valence-corrected chi connectivity index (χ1v) is 7.47. The number of hydrogen-bond acceptors (Lipinski definition) is 5. The van der Waals surface area contributed by atoms with Gasteiger partial charge in [-0.05, 0) is 6.42 Å². The Morgan fingerprint density at radius 1 is 1.38 bits per heavy atom. The number of carboxylic acid groups (broad SMARTS) is 1. The van der Waals surface area contributed by atoms with Gasteiger partial charge in [0, 0.05) is 26.1 Å². The number of rotatable bonds is 8. The topological polar surface area (TPSA) is 118 Å². The van der Waals surface area contributed by atoms with Crippen LogP contribution in [0.25, 0.3) is 0 Å². The lowest BCUT2D eigenvalue weighted by molar-refractivity contribution is -0.139. The summed E-state index contributed by atoms with van der Waals surface area (Å²) < 4.78 is 6.63. The molecule has 0 aromatic carbocycles. The molecular weight excluding hydrogens is 316 g/mol. The van der Waals surface area contributed by atoms with Gasteiger partial charge in [0.2, 0.25) is 0 Å². The Kier molecular flexibility index (Phi) is 7.65. The van der Waals surface area contributed by atoms with E-state index in [1.165, 1.54) is 17.8 Å². The number of nitrogens with zero attached hydrogens (tertiary/aromatic N) is 1. The molecule has 1 aromatic rings. The summed E-state index contributed by atoms with van der Waals surface area (Å²) in [7, 11) is 1.50. The highest BCUT2D eigenvalue weighted by Gasteiger charge is 2.10. The Morgan fingerprint density at radius 3 is 2.71 bits per heavy atom. The molecule has 2 N–H and O–H groups in total. The van der Waals surface area contributed by atoms with E-state index >= 15 is 0 Å². The molecule has 1 heterocycles. The van der Waals surface area contributed by atoms with Crippen LogP contribution in [0.4, 0.5) is 0 Å². The number of aliphatic carboxylic acids is 1. The van der Waals surface area contributed by atoms with Crippen LogP contribution in [-0.2, 0) is 21.4 Å². The van der Waals surface area contributed by atoms with E-state index in [4.69, 9.17) is 9.84 Å². The van der Waals surface area contributed by atoms with Crippen LogP contribution in [0.1, 0.15) is 38.2 Å². The van der Waals surface area contributed by atoms with Crippen molar-refractivity contribution < 1.29 is 19.4 Å². The van der Waals surface area contributed by atoms with E-state index in [9.17, 15) is 19.2 Å². The van der Waals surface area contributed by atoms with Crippen molar-refractivity contribution in [2.24, 2.45) is 7.05 Å². The summed E-state index contributed by atoms with van der Waals surface area (Å²) in [5.74, 6) is 4.17. The zero-order valence-corrected chi connectivity index (χ0v) is 13.6. The van der Waals surface area contributed by atoms with Crippen LogP contribution in [0, 0.1) is 11.8 Å². The fourth-order valence-corrected chi connectivity index (χ4v) is 1.76. The lowest BCUT2D eigenvalue weighted by atomic mass is 10.2. The molecule has 130 valence electrons. The molecule has 1 rings (SSSR count). The minimum Gasteiger partial charge on any atom is -0.481 e. The lowest BCUT2D eigenvalue weighted by Crippen LogP contribution is -2.29. The molecule has 1 aromatic heterocycles. The van der Waals surface area contributed by atoms with E-state index in [2.05, 4.69) is 16.8 Å². The van der Waals surface area contributed by atoms with Gasteiger partial charge in [0.1, 0.15) is 12.2 Å². The molecule has 0 amide bonds. The monoisotopic (exact) mass is 336 g/mol. The van der Waals surface area contributed by atoms with Crippen molar-refractivity contribution in [3.63, 3.8) is 0 Å². The van der Waals surface area contributed by atoms with Crippen LogP contribution in [0.15, 0.2) is 15.8 Å². The molecule has 0 saturated heterocycles. The van der Waals surface area contributed by atoms with Crippen molar-refractivity contribution in [1.82, 2.24) is 9.55 Å². The summed E-state index contributed by atoms with van der Waals surface area (Å²) in [6.07, 6.45) is 1.71. The van der Waals surface area contributed by atoms with Gasteiger partial charge < -0.3 is 14.4 Å². The number of Topliss-reactive ketones (excluding diaryl/α,β-unsaturated/α-hetero) is 1. The summed E-state index contributed by atoms with van der Waals surface area (Å²) >= 11 is 0. The first kappa shape index (κ1) is 19.4. The number of aromatic amines is 1. The minimum atomic E-state index is -1.02. The van der Waals surface area contributed by atoms with Gasteiger partial charge in [0.25, 0.3) is 5.56 Å². The van der Waals surface area contributed by atoms with Crippen LogP contribution in [0.3, 0.4) is 0 Å². The Hall–Kier alpha value is -2.66. The van der Waals surface area contributed by atoms with Gasteiger partial charge in [0.15, 0.2) is 5.78 Å². The number of H-pyrrole nitrogens is 1. The van der Waals surface area contributed by atoms with Crippen LogP contribution in [0.5, 0.6) is 0 Å². The van der Waals surface area contributed by atoms with Crippen molar-refractivity contribution in [3.8, 4) is 11.8 Å². The average molecular weight is 336 g/mol. The first-order chi connectivity index (χ1) is 11.3. The molecule has 0 saturated carbocycles. The number of ketones is 1. The highest BCUT2D eigenvalue weighted by molar-refractivity contribution is 5.83. The molecule has 1 atom stereocenters. The fourth-order valence-electron chi connectivity index (χ4n) is 1.76. The van der Waals surface area contributed by atoms with Crippen LogP contribution in [0.2, 0.25) is 0 Å². The van der Waals surface area contributed by atoms with E-state index in [1.54, 1.807) is 0 Å². The van der Waals surface area contributed by atoms with Gasteiger partial charge in [-0.15, -0.1) is 0 Å². The van der Waals surface area contributed by atoms with Gasteiger partial charge in [-0.2, -0.15) is 0 Å². The average Bonchev–Trinajstić information content (AvgIpc) is 2.53. The molecule has 0 bridgehead atoms. The third kappa shape index (κ3) is 6.62. The largest absolute Gasteiger partial charge is 0.481 e. The molecule has 0 radical (unpaired) electrons. The van der Waals surface area contributed by atoms with Crippen molar-refractivity contribution in [1.29, 1.82) is 0 Å². The number of aryl methyl sites for hydroxylation is 1. The molecule has 24 heavy (non-hydrogen) atoms. The molecule has 0 aliphatic heterocycles. The second kappa shape index (κ2) is 9.47. The molecule has 8 nitrogen and oxygen atoms in total. The summed E-state index contributed by atoms with van der Waals surface area (Å²) in [6.45, 7) is 1.71. The van der Waals surface area contributed by atoms with Crippen molar-refractivity contribution in [2.45, 2.75) is 38.7 Å². The quantitative estimate of drug-likeness (QED) is 0.647. The number of aromatic nitrogens is 2. The standard InChI is InChI=1S/C16H20N2O6/c1-3-13(24-10-12(19)7-8-14(20)21)6-4-5-11-9-18(2)16(23)17-15(11)22/h9,13H,3,6-8,10H2,1-2H3,(H,20,21)(H,17,22,23)/t13-/m1/s1. The molecule has 0 spiro atoms. The van der Waals surface area contributed by atoms with Crippen molar-refractivity contribution >= 4 is 11.8 Å². The number of ether oxygens (including phenoxy) is 1. The first-order valence-electron chi connectivity index (χ1n) is 7.47. The molecular formula is C16H20N2O6. The summed E-state index contributed by atoms with van der Waals surface area (Å²) in [6, 6.07) is 0. The second-order valence-electron chi connectivity index (χ2n) is 5.19. The fraction of sp³-hybridized carbons (Fsp3) is 0.500. The molecule has 0 aliphatic rings. The maximum atomic E-state index is 11.6. The summed E-state index contributed by atoms with van der Waals surface area (Å²) in [4.78, 5) is 46.8. The highest BCUT2D eigenvalue weighted by atomic mass is 16.5. The molecule has 0 fully saturated rings. The van der Waals surface area contributed by atoms with E-state index < -0.39 is 17.2 Å². The SMILES string of the molecule is CC[C@H](CC#Cc1cn(C)c(=O)[nH]c1=O)OCC(=O)CCC(=O)O. The van der Waals surface area contributed by atoms with Gasteiger partial charge >= 0.3 is 11.7 Å².